The molecule has 2 nitrogen and oxygen atoms in total. The molecule has 1 aliphatic heterocycles. The van der Waals surface area contributed by atoms with Gasteiger partial charge in [-0.15, -0.1) is 0 Å². The van der Waals surface area contributed by atoms with Crippen LogP contribution in [-0.4, -0.2) is 30.6 Å². The molecule has 3 heteroatoms. The van der Waals surface area contributed by atoms with Gasteiger partial charge < -0.3 is 10.2 Å². The highest BCUT2D eigenvalue weighted by atomic mass is 35.5. The fourth-order valence-corrected chi connectivity index (χ4v) is 2.86. The smallest absolute Gasteiger partial charge is 0.0406 e. The Hall–Kier alpha value is -0.570. The minimum Gasteiger partial charge on any atom is -0.313 e. The minimum absolute atomic E-state index is 0.782. The van der Waals surface area contributed by atoms with Crippen LogP contribution in [0.15, 0.2) is 24.3 Å². The lowest BCUT2D eigenvalue weighted by atomic mass is 10.0. The van der Waals surface area contributed by atoms with Crippen LogP contribution in [0.4, 0.5) is 0 Å². The summed E-state index contributed by atoms with van der Waals surface area (Å²) in [5.41, 5.74) is 1.30. The van der Waals surface area contributed by atoms with E-state index in [4.69, 9.17) is 11.6 Å². The highest BCUT2D eigenvalue weighted by molar-refractivity contribution is 6.30. The molecule has 1 fully saturated rings. The third-order valence-electron chi connectivity index (χ3n) is 3.98. The molecule has 2 rings (SSSR count). The van der Waals surface area contributed by atoms with Crippen LogP contribution in [0.2, 0.25) is 5.02 Å². The molecule has 1 atom stereocenters. The molecule has 0 radical (unpaired) electrons. The van der Waals surface area contributed by atoms with Crippen LogP contribution < -0.4 is 5.32 Å². The van der Waals surface area contributed by atoms with Crippen molar-refractivity contribution >= 4 is 11.6 Å². The lowest BCUT2D eigenvalue weighted by Crippen LogP contribution is -2.38. The number of nitrogens with zero attached hydrogens (tertiary/aromatic N) is 1. The van der Waals surface area contributed by atoms with Crippen molar-refractivity contribution in [2.24, 2.45) is 0 Å². The minimum atomic E-state index is 0.782. The van der Waals surface area contributed by atoms with Crippen molar-refractivity contribution in [2.45, 2.75) is 45.2 Å². The standard InChI is InChI=1S/C16H25ClN2/c1-14-5-2-3-11-19(14)12-4-10-18-13-15-6-8-16(17)9-7-15/h6-9,14,18H,2-5,10-13H2,1H3. The van der Waals surface area contributed by atoms with Gasteiger partial charge >= 0.3 is 0 Å². The zero-order chi connectivity index (χ0) is 13.5. The molecule has 106 valence electrons. The molecule has 1 aromatic rings. The van der Waals surface area contributed by atoms with E-state index in [1.54, 1.807) is 0 Å². The Morgan fingerprint density at radius 1 is 1.26 bits per heavy atom. The first-order valence-corrected chi connectivity index (χ1v) is 7.83. The number of rotatable bonds is 6. The van der Waals surface area contributed by atoms with E-state index in [0.29, 0.717) is 0 Å². The van der Waals surface area contributed by atoms with E-state index in [0.717, 1.165) is 24.2 Å². The molecule has 1 aromatic carbocycles. The van der Waals surface area contributed by atoms with E-state index in [9.17, 15) is 0 Å². The molecule has 0 bridgehead atoms. The highest BCUT2D eigenvalue weighted by Gasteiger charge is 2.16. The number of halogens is 1. The molecular weight excluding hydrogens is 256 g/mol. The molecule has 1 saturated heterocycles. The number of hydrogen-bond donors (Lipinski definition) is 1. The van der Waals surface area contributed by atoms with Crippen molar-refractivity contribution in [3.05, 3.63) is 34.9 Å². The van der Waals surface area contributed by atoms with Gasteiger partial charge in [-0.2, -0.15) is 0 Å². The van der Waals surface area contributed by atoms with Crippen molar-refractivity contribution < 1.29 is 0 Å². The molecule has 0 spiro atoms. The Kier molecular flexibility index (Phi) is 6.15. The Bertz CT molecular complexity index is 364. The number of piperidine rings is 1. The second-order valence-corrected chi connectivity index (χ2v) is 5.97. The molecule has 0 saturated carbocycles. The van der Waals surface area contributed by atoms with E-state index in [2.05, 4.69) is 29.3 Å². The first-order valence-electron chi connectivity index (χ1n) is 7.45. The van der Waals surface area contributed by atoms with Gasteiger partial charge in [-0.1, -0.05) is 30.2 Å². The van der Waals surface area contributed by atoms with Crippen molar-refractivity contribution in [1.82, 2.24) is 10.2 Å². The van der Waals surface area contributed by atoms with Crippen molar-refractivity contribution in [2.75, 3.05) is 19.6 Å². The van der Waals surface area contributed by atoms with E-state index >= 15 is 0 Å². The van der Waals surface area contributed by atoms with Gasteiger partial charge in [-0.3, -0.25) is 0 Å². The first kappa shape index (κ1) is 14.8. The number of likely N-dealkylation sites (tertiary alicyclic amines) is 1. The number of nitrogens with one attached hydrogen (secondary N) is 1. The summed E-state index contributed by atoms with van der Waals surface area (Å²) in [7, 11) is 0. The van der Waals surface area contributed by atoms with Gasteiger partial charge in [0.2, 0.25) is 0 Å². The average Bonchev–Trinajstić information content (AvgIpc) is 2.42. The van der Waals surface area contributed by atoms with Gasteiger partial charge in [0.05, 0.1) is 0 Å². The third-order valence-corrected chi connectivity index (χ3v) is 4.23. The molecular formula is C16H25ClN2. The van der Waals surface area contributed by atoms with E-state index in [1.165, 1.54) is 44.3 Å². The SMILES string of the molecule is CC1CCCCN1CCCNCc1ccc(Cl)cc1. The average molecular weight is 281 g/mol. The highest BCUT2D eigenvalue weighted by Crippen LogP contribution is 2.16. The zero-order valence-electron chi connectivity index (χ0n) is 11.9. The van der Waals surface area contributed by atoms with Gasteiger partial charge in [0.1, 0.15) is 0 Å². The fourth-order valence-electron chi connectivity index (χ4n) is 2.73. The summed E-state index contributed by atoms with van der Waals surface area (Å²) in [4.78, 5) is 2.63. The maximum atomic E-state index is 5.87. The molecule has 1 unspecified atom stereocenters. The first-order chi connectivity index (χ1) is 9.25. The van der Waals surface area contributed by atoms with Gasteiger partial charge in [-0.25, -0.2) is 0 Å². The topological polar surface area (TPSA) is 15.3 Å². The summed E-state index contributed by atoms with van der Waals surface area (Å²) in [5.74, 6) is 0. The van der Waals surface area contributed by atoms with Crippen LogP contribution >= 0.6 is 11.6 Å². The van der Waals surface area contributed by atoms with Crippen LogP contribution in [0, 0.1) is 0 Å². The number of hydrogen-bond acceptors (Lipinski definition) is 2. The zero-order valence-corrected chi connectivity index (χ0v) is 12.6. The van der Waals surface area contributed by atoms with Crippen molar-refractivity contribution in [1.29, 1.82) is 0 Å². The second kappa shape index (κ2) is 7.88. The quantitative estimate of drug-likeness (QED) is 0.800. The summed E-state index contributed by atoms with van der Waals surface area (Å²) >= 11 is 5.87. The normalized spacial score (nSPS) is 20.6. The fraction of sp³-hybridized carbons (Fsp3) is 0.625. The van der Waals surface area contributed by atoms with Crippen LogP contribution in [0.1, 0.15) is 38.2 Å². The van der Waals surface area contributed by atoms with E-state index in [-0.39, 0.29) is 0 Å². The summed E-state index contributed by atoms with van der Waals surface area (Å²) in [6.07, 6.45) is 5.39. The summed E-state index contributed by atoms with van der Waals surface area (Å²) < 4.78 is 0. The summed E-state index contributed by atoms with van der Waals surface area (Å²) in [6.45, 7) is 6.91. The molecule has 1 N–H and O–H groups in total. The van der Waals surface area contributed by atoms with Crippen molar-refractivity contribution in [3.63, 3.8) is 0 Å². The Labute approximate surface area is 122 Å². The Morgan fingerprint density at radius 3 is 2.79 bits per heavy atom. The molecule has 19 heavy (non-hydrogen) atoms. The van der Waals surface area contributed by atoms with Gasteiger partial charge in [0.15, 0.2) is 0 Å². The number of benzene rings is 1. The maximum Gasteiger partial charge on any atom is 0.0406 e. The van der Waals surface area contributed by atoms with E-state index in [1.807, 2.05) is 12.1 Å². The summed E-state index contributed by atoms with van der Waals surface area (Å²) in [5, 5.41) is 4.31. The summed E-state index contributed by atoms with van der Waals surface area (Å²) in [6, 6.07) is 8.86. The molecule has 0 aromatic heterocycles. The Balaban J connectivity index is 1.58. The third kappa shape index (κ3) is 5.13. The van der Waals surface area contributed by atoms with Crippen LogP contribution in [0.25, 0.3) is 0 Å². The predicted molar refractivity (Wildman–Crippen MR) is 82.7 cm³/mol. The molecule has 0 amide bonds. The van der Waals surface area contributed by atoms with E-state index < -0.39 is 0 Å². The lowest BCUT2D eigenvalue weighted by molar-refractivity contribution is 0.159. The maximum absolute atomic E-state index is 5.87. The lowest BCUT2D eigenvalue weighted by Gasteiger charge is -2.33. The van der Waals surface area contributed by atoms with Crippen LogP contribution in [0.3, 0.4) is 0 Å². The monoisotopic (exact) mass is 280 g/mol. The van der Waals surface area contributed by atoms with Gasteiger partial charge in [-0.05, 0) is 63.5 Å². The van der Waals surface area contributed by atoms with Crippen LogP contribution in [0.5, 0.6) is 0 Å². The van der Waals surface area contributed by atoms with Crippen LogP contribution in [-0.2, 0) is 6.54 Å². The van der Waals surface area contributed by atoms with Gasteiger partial charge in [0, 0.05) is 17.6 Å². The largest absolute Gasteiger partial charge is 0.313 e. The molecule has 1 heterocycles. The second-order valence-electron chi connectivity index (χ2n) is 5.54. The molecule has 0 aliphatic carbocycles. The predicted octanol–water partition coefficient (Wildman–Crippen LogP) is 3.69. The van der Waals surface area contributed by atoms with Gasteiger partial charge in [0.25, 0.3) is 0 Å². The Morgan fingerprint density at radius 2 is 2.05 bits per heavy atom. The molecule has 1 aliphatic rings. The van der Waals surface area contributed by atoms with Crippen molar-refractivity contribution in [3.8, 4) is 0 Å².